The van der Waals surface area contributed by atoms with Gasteiger partial charge in [0.2, 0.25) is 0 Å². The van der Waals surface area contributed by atoms with Crippen LogP contribution in [0.3, 0.4) is 0 Å². The van der Waals surface area contributed by atoms with Crippen LogP contribution in [0.4, 0.5) is 4.79 Å². The second-order valence-corrected chi connectivity index (χ2v) is 7.00. The first-order valence-electron chi connectivity index (χ1n) is 8.13. The van der Waals surface area contributed by atoms with E-state index >= 15 is 0 Å². The number of likely N-dealkylation sites (tertiary alicyclic amines) is 1. The van der Waals surface area contributed by atoms with Crippen molar-refractivity contribution in [2.45, 2.75) is 44.8 Å². The van der Waals surface area contributed by atoms with Gasteiger partial charge in [-0.05, 0) is 33.3 Å². The first kappa shape index (κ1) is 18.4. The minimum atomic E-state index is -0.673. The van der Waals surface area contributed by atoms with Gasteiger partial charge in [0.25, 0.3) is 0 Å². The van der Waals surface area contributed by atoms with Crippen molar-refractivity contribution >= 4 is 6.09 Å². The van der Waals surface area contributed by atoms with Crippen LogP contribution >= 0.6 is 0 Å². The Morgan fingerprint density at radius 2 is 1.96 bits per heavy atom. The molecule has 1 aromatic carbocycles. The van der Waals surface area contributed by atoms with E-state index in [9.17, 15) is 9.90 Å². The Hall–Kier alpha value is -1.95. The Bertz CT molecular complexity index is 581. The Morgan fingerprint density at radius 1 is 1.25 bits per heavy atom. The fourth-order valence-electron chi connectivity index (χ4n) is 2.91. The number of β-amino-alcohol motifs (C(OH)–C–C–N with tert-alkyl or cyclic N) is 1. The second kappa shape index (κ2) is 7.30. The van der Waals surface area contributed by atoms with E-state index in [0.717, 1.165) is 5.56 Å². The van der Waals surface area contributed by atoms with Gasteiger partial charge in [-0.3, -0.25) is 0 Å². The molecule has 0 bridgehead atoms. The summed E-state index contributed by atoms with van der Waals surface area (Å²) in [6.07, 6.45) is -0.418. The van der Waals surface area contributed by atoms with E-state index in [1.165, 1.54) is 0 Å². The number of benzene rings is 1. The van der Waals surface area contributed by atoms with Crippen molar-refractivity contribution in [3.8, 4) is 11.5 Å². The zero-order valence-electron chi connectivity index (χ0n) is 15.0. The van der Waals surface area contributed by atoms with Crippen LogP contribution in [0.1, 0.15) is 38.7 Å². The lowest BCUT2D eigenvalue weighted by Crippen LogP contribution is -2.47. The molecule has 0 spiro atoms. The number of ether oxygens (including phenoxy) is 3. The van der Waals surface area contributed by atoms with Gasteiger partial charge in [0, 0.05) is 24.1 Å². The smallest absolute Gasteiger partial charge is 0.410 e. The third-order valence-electron chi connectivity index (χ3n) is 4.07. The SMILES string of the molecule is COc1ccc([C@@H]2CCN(C(=O)OC(C)(C)C)C[C@H]2O)c(OC)c1. The minimum absolute atomic E-state index is 0.0930. The molecule has 1 fully saturated rings. The molecule has 1 saturated heterocycles. The molecule has 0 unspecified atom stereocenters. The van der Waals surface area contributed by atoms with Crippen molar-refractivity contribution < 1.29 is 24.1 Å². The number of methoxy groups -OCH3 is 2. The molecule has 24 heavy (non-hydrogen) atoms. The van der Waals surface area contributed by atoms with Crippen LogP contribution in [0.25, 0.3) is 0 Å². The third-order valence-corrected chi connectivity index (χ3v) is 4.07. The summed E-state index contributed by atoms with van der Waals surface area (Å²) < 4.78 is 16.0. The molecule has 1 aromatic rings. The van der Waals surface area contributed by atoms with E-state index in [4.69, 9.17) is 14.2 Å². The minimum Gasteiger partial charge on any atom is -0.497 e. The Labute approximate surface area is 143 Å². The van der Waals surface area contributed by atoms with E-state index in [2.05, 4.69) is 0 Å². The Balaban J connectivity index is 2.10. The van der Waals surface area contributed by atoms with Crippen molar-refractivity contribution in [2.75, 3.05) is 27.3 Å². The molecule has 1 amide bonds. The Kier molecular flexibility index (Phi) is 5.59. The highest BCUT2D eigenvalue weighted by Gasteiger charge is 2.34. The zero-order valence-corrected chi connectivity index (χ0v) is 15.0. The van der Waals surface area contributed by atoms with Crippen LogP contribution in [0.5, 0.6) is 11.5 Å². The zero-order chi connectivity index (χ0) is 17.9. The van der Waals surface area contributed by atoms with Gasteiger partial charge in [0.1, 0.15) is 17.1 Å². The van der Waals surface area contributed by atoms with Gasteiger partial charge < -0.3 is 24.2 Å². The number of amides is 1. The van der Waals surface area contributed by atoms with E-state index in [1.807, 2.05) is 39.0 Å². The van der Waals surface area contributed by atoms with E-state index in [0.29, 0.717) is 24.5 Å². The predicted molar refractivity (Wildman–Crippen MR) is 90.7 cm³/mol. The summed E-state index contributed by atoms with van der Waals surface area (Å²) in [5.74, 6) is 1.30. The second-order valence-electron chi connectivity index (χ2n) is 7.00. The van der Waals surface area contributed by atoms with Crippen molar-refractivity contribution in [1.82, 2.24) is 4.90 Å². The van der Waals surface area contributed by atoms with E-state index < -0.39 is 11.7 Å². The number of aliphatic hydroxyl groups is 1. The molecule has 6 nitrogen and oxygen atoms in total. The summed E-state index contributed by atoms with van der Waals surface area (Å²) in [4.78, 5) is 13.7. The molecule has 2 atom stereocenters. The van der Waals surface area contributed by atoms with Crippen LogP contribution in [-0.2, 0) is 4.74 Å². The van der Waals surface area contributed by atoms with Crippen LogP contribution < -0.4 is 9.47 Å². The Morgan fingerprint density at radius 3 is 2.50 bits per heavy atom. The van der Waals surface area contributed by atoms with Gasteiger partial charge in [-0.15, -0.1) is 0 Å². The maximum atomic E-state index is 12.2. The van der Waals surface area contributed by atoms with Gasteiger partial charge in [0.05, 0.1) is 26.9 Å². The largest absolute Gasteiger partial charge is 0.497 e. The fraction of sp³-hybridized carbons (Fsp3) is 0.611. The van der Waals surface area contributed by atoms with Crippen LogP contribution in [0.2, 0.25) is 0 Å². The van der Waals surface area contributed by atoms with Crippen molar-refractivity contribution in [1.29, 1.82) is 0 Å². The molecule has 134 valence electrons. The number of hydrogen-bond acceptors (Lipinski definition) is 5. The number of nitrogens with zero attached hydrogens (tertiary/aromatic N) is 1. The molecule has 1 aliphatic heterocycles. The standard InChI is InChI=1S/C18H27NO5/c1-18(2,3)24-17(21)19-9-8-13(15(20)11-19)14-7-6-12(22-4)10-16(14)23-5/h6-7,10,13,15,20H,8-9,11H2,1-5H3/t13-,15+/m0/s1. The van der Waals surface area contributed by atoms with E-state index in [-0.39, 0.29) is 18.6 Å². The monoisotopic (exact) mass is 337 g/mol. The van der Waals surface area contributed by atoms with Crippen LogP contribution in [0, 0.1) is 0 Å². The lowest BCUT2D eigenvalue weighted by atomic mass is 9.86. The molecular formula is C18H27NO5. The molecule has 1 N–H and O–H groups in total. The van der Waals surface area contributed by atoms with Gasteiger partial charge in [-0.25, -0.2) is 4.79 Å². The summed E-state index contributed by atoms with van der Waals surface area (Å²) in [6.45, 7) is 6.27. The molecule has 6 heteroatoms. The maximum Gasteiger partial charge on any atom is 0.410 e. The lowest BCUT2D eigenvalue weighted by Gasteiger charge is -2.37. The van der Waals surface area contributed by atoms with Gasteiger partial charge >= 0.3 is 6.09 Å². The topological polar surface area (TPSA) is 68.2 Å². The summed E-state index contributed by atoms with van der Waals surface area (Å²) in [6, 6.07) is 5.57. The first-order chi connectivity index (χ1) is 11.2. The van der Waals surface area contributed by atoms with Crippen molar-refractivity contribution in [3.63, 3.8) is 0 Å². The van der Waals surface area contributed by atoms with Gasteiger partial charge in [-0.2, -0.15) is 0 Å². The normalized spacial score (nSPS) is 21.3. The molecule has 1 heterocycles. The van der Waals surface area contributed by atoms with Crippen LogP contribution in [-0.4, -0.2) is 55.1 Å². The molecule has 0 aliphatic carbocycles. The lowest BCUT2D eigenvalue weighted by molar-refractivity contribution is -0.00169. The van der Waals surface area contributed by atoms with Crippen LogP contribution in [0.15, 0.2) is 18.2 Å². The molecule has 0 radical (unpaired) electrons. The van der Waals surface area contributed by atoms with Gasteiger partial charge in [0.15, 0.2) is 0 Å². The summed E-state index contributed by atoms with van der Waals surface area (Å²) >= 11 is 0. The summed E-state index contributed by atoms with van der Waals surface area (Å²) in [7, 11) is 3.20. The van der Waals surface area contributed by atoms with Crippen molar-refractivity contribution in [3.05, 3.63) is 23.8 Å². The molecule has 1 aliphatic rings. The number of carbonyl (C=O) groups excluding carboxylic acids is 1. The number of carbonyl (C=O) groups is 1. The molecule has 0 aromatic heterocycles. The number of rotatable bonds is 3. The average molecular weight is 337 g/mol. The highest BCUT2D eigenvalue weighted by Crippen LogP contribution is 2.36. The molecular weight excluding hydrogens is 310 g/mol. The van der Waals surface area contributed by atoms with Crippen molar-refractivity contribution in [2.24, 2.45) is 0 Å². The average Bonchev–Trinajstić information content (AvgIpc) is 2.52. The van der Waals surface area contributed by atoms with Gasteiger partial charge in [-0.1, -0.05) is 6.07 Å². The summed E-state index contributed by atoms with van der Waals surface area (Å²) in [5, 5.41) is 10.6. The number of hydrogen-bond donors (Lipinski definition) is 1. The highest BCUT2D eigenvalue weighted by atomic mass is 16.6. The highest BCUT2D eigenvalue weighted by molar-refractivity contribution is 5.68. The number of aliphatic hydroxyl groups excluding tert-OH is 1. The number of piperidine rings is 1. The van der Waals surface area contributed by atoms with E-state index in [1.54, 1.807) is 19.1 Å². The fourth-order valence-corrected chi connectivity index (χ4v) is 2.91. The quantitative estimate of drug-likeness (QED) is 0.918. The maximum absolute atomic E-state index is 12.2. The summed E-state index contributed by atoms with van der Waals surface area (Å²) in [5.41, 5.74) is 0.382. The third kappa shape index (κ3) is 4.32. The predicted octanol–water partition coefficient (Wildman–Crippen LogP) is 2.79. The first-order valence-corrected chi connectivity index (χ1v) is 8.13. The molecule has 0 saturated carbocycles. The molecule has 2 rings (SSSR count).